The van der Waals surface area contributed by atoms with Crippen molar-refractivity contribution in [3.8, 4) is 5.75 Å². The van der Waals surface area contributed by atoms with E-state index in [1.807, 2.05) is 18.2 Å². The third kappa shape index (κ3) is 3.88. The van der Waals surface area contributed by atoms with E-state index in [0.717, 1.165) is 22.6 Å². The van der Waals surface area contributed by atoms with Gasteiger partial charge in [0, 0.05) is 21.8 Å². The molecule has 0 aliphatic carbocycles. The van der Waals surface area contributed by atoms with Crippen LogP contribution in [0, 0.1) is 13.8 Å². The van der Waals surface area contributed by atoms with E-state index < -0.39 is 0 Å². The Morgan fingerprint density at radius 2 is 1.90 bits per heavy atom. The van der Waals surface area contributed by atoms with E-state index in [1.54, 1.807) is 25.8 Å². The van der Waals surface area contributed by atoms with Gasteiger partial charge in [0.15, 0.2) is 5.78 Å². The van der Waals surface area contributed by atoms with Crippen molar-refractivity contribution in [3.05, 3.63) is 58.7 Å². The van der Waals surface area contributed by atoms with Gasteiger partial charge in [-0.05, 0) is 50.6 Å². The zero-order chi connectivity index (χ0) is 15.4. The van der Waals surface area contributed by atoms with Gasteiger partial charge in [-0.2, -0.15) is 0 Å². The van der Waals surface area contributed by atoms with Crippen LogP contribution in [0.2, 0.25) is 0 Å². The number of ketones is 1. The smallest absolute Gasteiger partial charge is 0.159 e. The summed E-state index contributed by atoms with van der Waals surface area (Å²) in [4.78, 5) is 12.8. The van der Waals surface area contributed by atoms with Crippen LogP contribution in [0.15, 0.2) is 41.3 Å². The number of ether oxygens (including phenoxy) is 1. The number of Topliss-reactive ketones (excluding diaryl/α,β-unsaturated/α-hetero) is 1. The highest BCUT2D eigenvalue weighted by molar-refractivity contribution is 7.98. The number of benzene rings is 2. The fraction of sp³-hybridized carbons (Fsp3) is 0.278. The molecule has 0 radical (unpaired) electrons. The lowest BCUT2D eigenvalue weighted by molar-refractivity contribution is 0.101. The summed E-state index contributed by atoms with van der Waals surface area (Å²) in [5, 5.41) is 0. The lowest BCUT2D eigenvalue weighted by Crippen LogP contribution is -1.97. The van der Waals surface area contributed by atoms with Crippen LogP contribution in [0.4, 0.5) is 0 Å². The molecule has 0 amide bonds. The van der Waals surface area contributed by atoms with E-state index in [4.69, 9.17) is 4.74 Å². The molecular weight excluding hydrogens is 280 g/mol. The van der Waals surface area contributed by atoms with Crippen LogP contribution in [0.25, 0.3) is 0 Å². The molecule has 0 aromatic heterocycles. The second-order valence-corrected chi connectivity index (χ2v) is 6.16. The van der Waals surface area contributed by atoms with Crippen LogP contribution in [-0.2, 0) is 5.75 Å². The Bertz CT molecular complexity index is 662. The Balaban J connectivity index is 2.22. The van der Waals surface area contributed by atoms with E-state index in [9.17, 15) is 4.79 Å². The molecule has 0 atom stereocenters. The number of hydrogen-bond donors (Lipinski definition) is 0. The van der Waals surface area contributed by atoms with Crippen molar-refractivity contribution >= 4 is 17.5 Å². The normalized spacial score (nSPS) is 10.5. The van der Waals surface area contributed by atoms with Gasteiger partial charge < -0.3 is 4.74 Å². The molecule has 2 nitrogen and oxygen atoms in total. The number of hydrogen-bond acceptors (Lipinski definition) is 3. The molecule has 0 bridgehead atoms. The van der Waals surface area contributed by atoms with E-state index in [0.29, 0.717) is 0 Å². The van der Waals surface area contributed by atoms with Gasteiger partial charge in [-0.25, -0.2) is 0 Å². The Morgan fingerprint density at radius 3 is 2.52 bits per heavy atom. The van der Waals surface area contributed by atoms with Crippen molar-refractivity contribution in [3.63, 3.8) is 0 Å². The molecule has 0 unspecified atom stereocenters. The second-order valence-electron chi connectivity index (χ2n) is 5.14. The largest absolute Gasteiger partial charge is 0.496 e. The summed E-state index contributed by atoms with van der Waals surface area (Å²) in [5.41, 5.74) is 4.33. The predicted octanol–water partition coefficient (Wildman–Crippen LogP) is 4.81. The third-order valence-electron chi connectivity index (χ3n) is 3.40. The summed E-state index contributed by atoms with van der Waals surface area (Å²) >= 11 is 1.77. The molecule has 3 heteroatoms. The van der Waals surface area contributed by atoms with E-state index in [-0.39, 0.29) is 5.78 Å². The van der Waals surface area contributed by atoms with Crippen molar-refractivity contribution in [2.75, 3.05) is 7.11 Å². The molecule has 0 saturated carbocycles. The van der Waals surface area contributed by atoms with Gasteiger partial charge >= 0.3 is 0 Å². The fourth-order valence-electron chi connectivity index (χ4n) is 2.23. The molecule has 2 aromatic rings. The molecule has 2 aromatic carbocycles. The first-order valence-electron chi connectivity index (χ1n) is 6.89. The number of carbonyl (C=O) groups excluding carboxylic acids is 1. The van der Waals surface area contributed by atoms with Gasteiger partial charge in [-0.3, -0.25) is 4.79 Å². The Kier molecular flexibility index (Phi) is 5.07. The Morgan fingerprint density at radius 1 is 1.14 bits per heavy atom. The lowest BCUT2D eigenvalue weighted by Gasteiger charge is -2.11. The first-order chi connectivity index (χ1) is 10.0. The van der Waals surface area contributed by atoms with E-state index in [1.165, 1.54) is 16.0 Å². The zero-order valence-electron chi connectivity index (χ0n) is 12.9. The summed E-state index contributed by atoms with van der Waals surface area (Å²) < 4.78 is 5.39. The molecular formula is C18H20O2S. The van der Waals surface area contributed by atoms with Crippen molar-refractivity contribution < 1.29 is 9.53 Å². The van der Waals surface area contributed by atoms with Crippen molar-refractivity contribution in [2.45, 2.75) is 31.4 Å². The van der Waals surface area contributed by atoms with Gasteiger partial charge in [-0.15, -0.1) is 11.8 Å². The van der Waals surface area contributed by atoms with E-state index >= 15 is 0 Å². The molecule has 0 fully saturated rings. The molecule has 21 heavy (non-hydrogen) atoms. The summed E-state index contributed by atoms with van der Waals surface area (Å²) in [6.07, 6.45) is 0. The molecule has 0 heterocycles. The summed E-state index contributed by atoms with van der Waals surface area (Å²) in [5.74, 6) is 1.70. The maximum atomic E-state index is 11.5. The average Bonchev–Trinajstić information content (AvgIpc) is 2.46. The fourth-order valence-corrected chi connectivity index (χ4v) is 3.21. The van der Waals surface area contributed by atoms with Gasteiger partial charge in [0.2, 0.25) is 0 Å². The second kappa shape index (κ2) is 6.81. The summed E-state index contributed by atoms with van der Waals surface area (Å²) in [6, 6.07) is 12.1. The summed E-state index contributed by atoms with van der Waals surface area (Å²) in [6.45, 7) is 5.81. The zero-order valence-corrected chi connectivity index (χ0v) is 13.7. The maximum Gasteiger partial charge on any atom is 0.159 e. The molecule has 0 N–H and O–H groups in total. The standard InChI is InChI=1S/C18H20O2S/c1-12-5-8-18(13(2)9-12)21-11-16-10-15(14(3)19)6-7-17(16)20-4/h5-10H,11H2,1-4H3. The van der Waals surface area contributed by atoms with Gasteiger partial charge in [0.1, 0.15) is 5.75 Å². The van der Waals surface area contributed by atoms with Crippen LogP contribution >= 0.6 is 11.8 Å². The van der Waals surface area contributed by atoms with Crippen LogP contribution in [0.3, 0.4) is 0 Å². The van der Waals surface area contributed by atoms with Gasteiger partial charge in [0.05, 0.1) is 7.11 Å². The third-order valence-corrected chi connectivity index (χ3v) is 4.62. The van der Waals surface area contributed by atoms with Crippen LogP contribution in [0.5, 0.6) is 5.75 Å². The van der Waals surface area contributed by atoms with Crippen molar-refractivity contribution in [1.82, 2.24) is 0 Å². The number of thioether (sulfide) groups is 1. The monoisotopic (exact) mass is 300 g/mol. The number of rotatable bonds is 5. The van der Waals surface area contributed by atoms with Crippen LogP contribution in [-0.4, -0.2) is 12.9 Å². The molecule has 2 rings (SSSR count). The van der Waals surface area contributed by atoms with Gasteiger partial charge in [-0.1, -0.05) is 17.7 Å². The van der Waals surface area contributed by atoms with E-state index in [2.05, 4.69) is 32.0 Å². The SMILES string of the molecule is COc1ccc(C(C)=O)cc1CSc1ccc(C)cc1C. The minimum absolute atomic E-state index is 0.0791. The van der Waals surface area contributed by atoms with Crippen molar-refractivity contribution in [1.29, 1.82) is 0 Å². The molecule has 0 spiro atoms. The summed E-state index contributed by atoms with van der Waals surface area (Å²) in [7, 11) is 1.66. The average molecular weight is 300 g/mol. The van der Waals surface area contributed by atoms with Crippen molar-refractivity contribution in [2.24, 2.45) is 0 Å². The molecule has 110 valence electrons. The predicted molar refractivity (Wildman–Crippen MR) is 88.5 cm³/mol. The van der Waals surface area contributed by atoms with Crippen LogP contribution < -0.4 is 4.74 Å². The number of methoxy groups -OCH3 is 1. The first-order valence-corrected chi connectivity index (χ1v) is 7.87. The quantitative estimate of drug-likeness (QED) is 0.585. The first kappa shape index (κ1) is 15.6. The minimum Gasteiger partial charge on any atom is -0.496 e. The maximum absolute atomic E-state index is 11.5. The van der Waals surface area contributed by atoms with Gasteiger partial charge in [0.25, 0.3) is 0 Å². The van der Waals surface area contributed by atoms with Crippen LogP contribution in [0.1, 0.15) is 34.0 Å². The topological polar surface area (TPSA) is 26.3 Å². The molecule has 0 saturated heterocycles. The highest BCUT2D eigenvalue weighted by Crippen LogP contribution is 2.31. The molecule has 0 aliphatic heterocycles. The number of aryl methyl sites for hydroxylation is 2. The highest BCUT2D eigenvalue weighted by atomic mass is 32.2. The highest BCUT2D eigenvalue weighted by Gasteiger charge is 2.09. The molecule has 0 aliphatic rings. The Hall–Kier alpha value is -1.74. The number of carbonyl (C=O) groups is 1. The Labute approximate surface area is 130 Å². The lowest BCUT2D eigenvalue weighted by atomic mass is 10.1. The minimum atomic E-state index is 0.0791.